The Morgan fingerprint density at radius 1 is 1.29 bits per heavy atom. The van der Waals surface area contributed by atoms with Gasteiger partial charge in [0.15, 0.2) is 0 Å². The lowest BCUT2D eigenvalue weighted by atomic mass is 10.2. The Kier molecular flexibility index (Phi) is 4.04. The van der Waals surface area contributed by atoms with Crippen molar-refractivity contribution in [3.05, 3.63) is 52.6 Å². The van der Waals surface area contributed by atoms with Gasteiger partial charge in [-0.25, -0.2) is 4.98 Å². The minimum absolute atomic E-state index is 0.0562. The van der Waals surface area contributed by atoms with Gasteiger partial charge >= 0.3 is 0 Å². The predicted octanol–water partition coefficient (Wildman–Crippen LogP) is 3.59. The van der Waals surface area contributed by atoms with E-state index in [1.54, 1.807) is 6.07 Å². The van der Waals surface area contributed by atoms with E-state index in [1.807, 2.05) is 18.2 Å². The Morgan fingerprint density at radius 3 is 2.71 bits per heavy atom. The normalized spacial score (nSPS) is 14.1. The number of rotatable bonds is 6. The third kappa shape index (κ3) is 3.32. The number of benzene rings is 1. The summed E-state index contributed by atoms with van der Waals surface area (Å²) in [6.45, 7) is 3.05. The molecule has 0 amide bonds. The third-order valence-electron chi connectivity index (χ3n) is 3.79. The lowest BCUT2D eigenvalue weighted by Gasteiger charge is -2.24. The van der Waals surface area contributed by atoms with Crippen molar-refractivity contribution in [3.63, 3.8) is 0 Å². The molecule has 21 heavy (non-hydrogen) atoms. The summed E-state index contributed by atoms with van der Waals surface area (Å²) < 4.78 is 0. The van der Waals surface area contributed by atoms with E-state index in [2.05, 4.69) is 28.9 Å². The topological polar surface area (TPSA) is 49.0 Å². The highest BCUT2D eigenvalue weighted by Gasteiger charge is 2.27. The monoisotopic (exact) mass is 283 g/mol. The van der Waals surface area contributed by atoms with E-state index < -0.39 is 0 Å². The molecular weight excluding hydrogens is 262 g/mol. The average Bonchev–Trinajstić information content (AvgIpc) is 3.33. The lowest BCUT2D eigenvalue weighted by Crippen LogP contribution is -2.23. The smallest absolute Gasteiger partial charge is 0.253 e. The molecule has 1 aliphatic carbocycles. The molecule has 3 rings (SSSR count). The zero-order valence-electron chi connectivity index (χ0n) is 12.4. The number of nitrogens with one attached hydrogen (secondary N) is 1. The maximum absolute atomic E-state index is 11.9. The molecule has 0 radical (unpaired) electrons. The van der Waals surface area contributed by atoms with Crippen LogP contribution in [0.2, 0.25) is 0 Å². The van der Waals surface area contributed by atoms with Gasteiger partial charge in [-0.2, -0.15) is 0 Å². The summed E-state index contributed by atoms with van der Waals surface area (Å²) in [7, 11) is 0. The van der Waals surface area contributed by atoms with Gasteiger partial charge in [-0.05, 0) is 31.4 Å². The summed E-state index contributed by atoms with van der Waals surface area (Å²) in [5, 5.41) is 0. The van der Waals surface area contributed by atoms with Crippen LogP contribution in [0.3, 0.4) is 0 Å². The quantitative estimate of drug-likeness (QED) is 0.881. The Labute approximate surface area is 124 Å². The summed E-state index contributed by atoms with van der Waals surface area (Å²) >= 11 is 0. The molecule has 0 unspecified atom stereocenters. The largest absolute Gasteiger partial charge is 0.326 e. The molecule has 4 nitrogen and oxygen atoms in total. The number of H-pyrrole nitrogens is 1. The van der Waals surface area contributed by atoms with Crippen LogP contribution in [0.15, 0.2) is 41.2 Å². The molecule has 0 bridgehead atoms. The fraction of sp³-hybridized carbons (Fsp3) is 0.412. The molecule has 110 valence electrons. The first-order chi connectivity index (χ1) is 10.3. The van der Waals surface area contributed by atoms with Crippen molar-refractivity contribution in [2.75, 3.05) is 11.4 Å². The molecule has 1 aromatic carbocycles. The molecule has 0 aliphatic heterocycles. The number of hydrogen-bond donors (Lipinski definition) is 1. The van der Waals surface area contributed by atoms with Crippen LogP contribution in [0.25, 0.3) is 0 Å². The number of anilines is 2. The SMILES string of the molecule is CCCCN(c1ccccc1)c1cc(=O)[nH]c(C2CC2)n1. The Hall–Kier alpha value is -2.10. The Bertz CT molecular complexity index is 647. The number of hydrogen-bond acceptors (Lipinski definition) is 3. The maximum Gasteiger partial charge on any atom is 0.253 e. The van der Waals surface area contributed by atoms with Gasteiger partial charge in [-0.1, -0.05) is 31.5 Å². The number of nitrogens with zero attached hydrogens (tertiary/aromatic N) is 2. The van der Waals surface area contributed by atoms with Crippen molar-refractivity contribution in [2.45, 2.75) is 38.5 Å². The molecule has 2 aromatic rings. The zero-order chi connectivity index (χ0) is 14.7. The van der Waals surface area contributed by atoms with Gasteiger partial charge in [-0.3, -0.25) is 4.79 Å². The second-order valence-corrected chi connectivity index (χ2v) is 5.60. The fourth-order valence-corrected chi connectivity index (χ4v) is 2.45. The highest BCUT2D eigenvalue weighted by molar-refractivity contribution is 5.59. The van der Waals surface area contributed by atoms with E-state index in [4.69, 9.17) is 4.98 Å². The minimum atomic E-state index is -0.0562. The zero-order valence-corrected chi connectivity index (χ0v) is 12.4. The van der Waals surface area contributed by atoms with E-state index in [0.717, 1.165) is 49.6 Å². The molecule has 0 atom stereocenters. The van der Waals surface area contributed by atoms with Gasteiger partial charge in [0.2, 0.25) is 0 Å². The minimum Gasteiger partial charge on any atom is -0.326 e. The van der Waals surface area contributed by atoms with Crippen LogP contribution in [0.1, 0.15) is 44.3 Å². The summed E-state index contributed by atoms with van der Waals surface area (Å²) in [6.07, 6.45) is 4.45. The van der Waals surface area contributed by atoms with E-state index in [9.17, 15) is 4.79 Å². The lowest BCUT2D eigenvalue weighted by molar-refractivity contribution is 0.771. The van der Waals surface area contributed by atoms with Crippen molar-refractivity contribution >= 4 is 11.5 Å². The Morgan fingerprint density at radius 2 is 2.05 bits per heavy atom. The number of aromatic nitrogens is 2. The average molecular weight is 283 g/mol. The molecule has 1 N–H and O–H groups in total. The molecular formula is C17H21N3O. The van der Waals surface area contributed by atoms with Gasteiger partial charge in [0, 0.05) is 24.2 Å². The van der Waals surface area contributed by atoms with Crippen LogP contribution < -0.4 is 10.5 Å². The standard InChI is InChI=1S/C17H21N3O/c1-2-3-11-20(14-7-5-4-6-8-14)15-12-16(21)19-17(18-15)13-9-10-13/h4-8,12-13H,2-3,9-11H2,1H3,(H,18,19,21). The number of unbranched alkanes of at least 4 members (excludes halogenated alkanes) is 1. The van der Waals surface area contributed by atoms with Crippen LogP contribution in [0, 0.1) is 0 Å². The highest BCUT2D eigenvalue weighted by atomic mass is 16.1. The van der Waals surface area contributed by atoms with Gasteiger partial charge in [-0.15, -0.1) is 0 Å². The Balaban J connectivity index is 1.97. The maximum atomic E-state index is 11.9. The molecule has 1 fully saturated rings. The van der Waals surface area contributed by atoms with Crippen LogP contribution in [-0.4, -0.2) is 16.5 Å². The first-order valence-electron chi connectivity index (χ1n) is 7.72. The van der Waals surface area contributed by atoms with Crippen LogP contribution in [0.4, 0.5) is 11.5 Å². The first kappa shape index (κ1) is 13.9. The van der Waals surface area contributed by atoms with Gasteiger partial charge in [0.1, 0.15) is 11.6 Å². The van der Waals surface area contributed by atoms with Gasteiger partial charge < -0.3 is 9.88 Å². The van der Waals surface area contributed by atoms with Gasteiger partial charge in [0.05, 0.1) is 0 Å². The third-order valence-corrected chi connectivity index (χ3v) is 3.79. The number of para-hydroxylation sites is 1. The van der Waals surface area contributed by atoms with Crippen molar-refractivity contribution < 1.29 is 0 Å². The van der Waals surface area contributed by atoms with Crippen LogP contribution >= 0.6 is 0 Å². The van der Waals surface area contributed by atoms with Crippen molar-refractivity contribution in [2.24, 2.45) is 0 Å². The van der Waals surface area contributed by atoms with Crippen molar-refractivity contribution in [1.29, 1.82) is 0 Å². The van der Waals surface area contributed by atoms with E-state index in [-0.39, 0.29) is 5.56 Å². The molecule has 1 saturated carbocycles. The summed E-state index contributed by atoms with van der Waals surface area (Å²) in [4.78, 5) is 21.6. The van der Waals surface area contributed by atoms with Crippen molar-refractivity contribution in [3.8, 4) is 0 Å². The van der Waals surface area contributed by atoms with Gasteiger partial charge in [0.25, 0.3) is 5.56 Å². The molecule has 1 aliphatic rings. The highest BCUT2D eigenvalue weighted by Crippen LogP contribution is 2.38. The summed E-state index contributed by atoms with van der Waals surface area (Å²) in [5.74, 6) is 2.05. The fourth-order valence-electron chi connectivity index (χ4n) is 2.45. The molecule has 1 heterocycles. The first-order valence-corrected chi connectivity index (χ1v) is 7.72. The molecule has 4 heteroatoms. The predicted molar refractivity (Wildman–Crippen MR) is 85.2 cm³/mol. The summed E-state index contributed by atoms with van der Waals surface area (Å²) in [5.41, 5.74) is 1.03. The van der Waals surface area contributed by atoms with E-state index in [0.29, 0.717) is 5.92 Å². The second-order valence-electron chi connectivity index (χ2n) is 5.60. The van der Waals surface area contributed by atoms with E-state index >= 15 is 0 Å². The second kappa shape index (κ2) is 6.12. The van der Waals surface area contributed by atoms with E-state index in [1.165, 1.54) is 0 Å². The molecule has 0 spiro atoms. The van der Waals surface area contributed by atoms with Crippen LogP contribution in [0.5, 0.6) is 0 Å². The molecule has 1 aromatic heterocycles. The number of aromatic amines is 1. The van der Waals surface area contributed by atoms with Crippen molar-refractivity contribution in [1.82, 2.24) is 9.97 Å². The summed E-state index contributed by atoms with van der Waals surface area (Å²) in [6, 6.07) is 11.8. The molecule has 0 saturated heterocycles. The van der Waals surface area contributed by atoms with Crippen LogP contribution in [-0.2, 0) is 0 Å².